The maximum absolute atomic E-state index is 12.3. The zero-order valence-electron chi connectivity index (χ0n) is 12.5. The zero-order chi connectivity index (χ0) is 14.9. The number of aryl methyl sites for hydroxylation is 1. The van der Waals surface area contributed by atoms with Gasteiger partial charge in [0, 0.05) is 19.8 Å². The number of amides is 1. The summed E-state index contributed by atoms with van der Waals surface area (Å²) in [7, 11) is 1.90. The monoisotopic (exact) mass is 275 g/mol. The average Bonchev–Trinajstić information content (AvgIpc) is 2.92. The fourth-order valence-electron chi connectivity index (χ4n) is 2.43. The summed E-state index contributed by atoms with van der Waals surface area (Å²) in [4.78, 5) is 18.4. The van der Waals surface area contributed by atoms with E-state index in [9.17, 15) is 4.79 Å². The molecule has 2 rings (SSSR count). The van der Waals surface area contributed by atoms with E-state index in [0.29, 0.717) is 12.2 Å². The number of hydrogen-bond acceptors (Lipinski definition) is 3. The lowest BCUT2D eigenvalue weighted by atomic mass is 10.2. The molecule has 5 heteroatoms. The van der Waals surface area contributed by atoms with Crippen molar-refractivity contribution >= 4 is 6.09 Å². The Balaban J connectivity index is 2.21. The number of nitrogens with zero attached hydrogens (tertiary/aromatic N) is 3. The molecule has 1 atom stereocenters. The van der Waals surface area contributed by atoms with Crippen molar-refractivity contribution in [3.63, 3.8) is 0 Å². The molecule has 1 fully saturated rings. The van der Waals surface area contributed by atoms with E-state index in [1.54, 1.807) is 11.1 Å². The molecule has 1 aromatic heterocycles. The minimum atomic E-state index is -0.490. The van der Waals surface area contributed by atoms with Crippen LogP contribution in [0.25, 0.3) is 0 Å². The van der Waals surface area contributed by atoms with Gasteiger partial charge in [0.15, 0.2) is 0 Å². The van der Waals surface area contributed by atoms with Crippen LogP contribution in [0, 0.1) is 12.3 Å². The molecule has 1 aromatic rings. The van der Waals surface area contributed by atoms with E-state index in [0.717, 1.165) is 18.7 Å². The number of imidazole rings is 1. The van der Waals surface area contributed by atoms with Crippen molar-refractivity contribution in [3.8, 4) is 12.3 Å². The smallest absolute Gasteiger partial charge is 0.410 e. The van der Waals surface area contributed by atoms with Crippen LogP contribution in [0.3, 0.4) is 0 Å². The van der Waals surface area contributed by atoms with Crippen LogP contribution in [0.4, 0.5) is 4.79 Å². The highest BCUT2D eigenvalue weighted by molar-refractivity contribution is 5.69. The largest absolute Gasteiger partial charge is 0.444 e. The van der Waals surface area contributed by atoms with Gasteiger partial charge in [-0.3, -0.25) is 4.90 Å². The minimum Gasteiger partial charge on any atom is -0.444 e. The van der Waals surface area contributed by atoms with E-state index in [2.05, 4.69) is 10.9 Å². The summed E-state index contributed by atoms with van der Waals surface area (Å²) in [6.07, 6.45) is 8.73. The maximum Gasteiger partial charge on any atom is 0.410 e. The van der Waals surface area contributed by atoms with Gasteiger partial charge in [-0.25, -0.2) is 9.78 Å². The van der Waals surface area contributed by atoms with Gasteiger partial charge in [-0.2, -0.15) is 0 Å². The Morgan fingerprint density at radius 3 is 2.80 bits per heavy atom. The van der Waals surface area contributed by atoms with Crippen molar-refractivity contribution in [2.45, 2.75) is 45.3 Å². The fourth-order valence-corrected chi connectivity index (χ4v) is 2.43. The molecule has 0 saturated carbocycles. The Hall–Kier alpha value is -1.96. The number of aromatic nitrogens is 2. The molecule has 1 unspecified atom stereocenters. The highest BCUT2D eigenvalue weighted by Crippen LogP contribution is 2.32. The van der Waals surface area contributed by atoms with E-state index in [1.807, 2.05) is 32.4 Å². The number of rotatable bonds is 1. The molecule has 1 aliphatic rings. The molecular formula is C15H21N3O2. The Labute approximate surface area is 119 Å². The van der Waals surface area contributed by atoms with E-state index in [4.69, 9.17) is 11.2 Å². The summed E-state index contributed by atoms with van der Waals surface area (Å²) in [6.45, 7) is 6.30. The van der Waals surface area contributed by atoms with Gasteiger partial charge in [0.05, 0.1) is 6.04 Å². The molecule has 108 valence electrons. The third kappa shape index (κ3) is 2.96. The van der Waals surface area contributed by atoms with Gasteiger partial charge < -0.3 is 9.30 Å². The van der Waals surface area contributed by atoms with Gasteiger partial charge in [0.2, 0.25) is 0 Å². The molecule has 1 aliphatic heterocycles. The number of carbonyl (C=O) groups excluding carboxylic acids is 1. The summed E-state index contributed by atoms with van der Waals surface area (Å²) in [6, 6.07) is -0.0584. The van der Waals surface area contributed by atoms with Crippen molar-refractivity contribution in [2.24, 2.45) is 7.05 Å². The maximum atomic E-state index is 12.3. The molecule has 0 bridgehead atoms. The summed E-state index contributed by atoms with van der Waals surface area (Å²) in [5.41, 5.74) is 0.106. The summed E-state index contributed by atoms with van der Waals surface area (Å²) in [5.74, 6) is 3.35. The molecule has 1 saturated heterocycles. The Morgan fingerprint density at radius 1 is 1.55 bits per heavy atom. The molecule has 5 nitrogen and oxygen atoms in total. The molecule has 0 spiro atoms. The van der Waals surface area contributed by atoms with Crippen LogP contribution in [0.15, 0.2) is 6.20 Å². The summed E-state index contributed by atoms with van der Waals surface area (Å²) < 4.78 is 7.35. The molecular weight excluding hydrogens is 254 g/mol. The predicted molar refractivity (Wildman–Crippen MR) is 76.1 cm³/mol. The highest BCUT2D eigenvalue weighted by Gasteiger charge is 2.35. The third-order valence-corrected chi connectivity index (χ3v) is 3.24. The van der Waals surface area contributed by atoms with Crippen LogP contribution >= 0.6 is 0 Å². The molecule has 0 aromatic carbocycles. The van der Waals surface area contributed by atoms with Crippen LogP contribution in [0.1, 0.15) is 51.2 Å². The topological polar surface area (TPSA) is 47.4 Å². The van der Waals surface area contributed by atoms with Crippen molar-refractivity contribution in [1.29, 1.82) is 0 Å². The van der Waals surface area contributed by atoms with Gasteiger partial charge >= 0.3 is 6.09 Å². The quantitative estimate of drug-likeness (QED) is 0.740. The van der Waals surface area contributed by atoms with Gasteiger partial charge in [-0.15, -0.1) is 6.42 Å². The van der Waals surface area contributed by atoms with Crippen molar-refractivity contribution in [2.75, 3.05) is 6.54 Å². The third-order valence-electron chi connectivity index (χ3n) is 3.24. The zero-order valence-corrected chi connectivity index (χ0v) is 12.5. The highest BCUT2D eigenvalue weighted by atomic mass is 16.6. The fraction of sp³-hybridized carbons (Fsp3) is 0.600. The number of ether oxygens (including phenoxy) is 1. The average molecular weight is 275 g/mol. The first kappa shape index (κ1) is 14.4. The van der Waals surface area contributed by atoms with E-state index >= 15 is 0 Å². The molecule has 0 N–H and O–H groups in total. The second kappa shape index (κ2) is 5.20. The lowest BCUT2D eigenvalue weighted by molar-refractivity contribution is 0.0216. The van der Waals surface area contributed by atoms with Crippen molar-refractivity contribution < 1.29 is 9.53 Å². The van der Waals surface area contributed by atoms with Gasteiger partial charge in [-0.05, 0) is 39.5 Å². The SMILES string of the molecule is C#Cc1cn(C)c(C2CCCN2C(=O)OC(C)(C)C)n1. The van der Waals surface area contributed by atoms with Gasteiger partial charge in [-0.1, -0.05) is 0 Å². The number of likely N-dealkylation sites (tertiary alicyclic amines) is 1. The molecule has 0 radical (unpaired) electrons. The standard InChI is InChI=1S/C15H21N3O2/c1-6-11-10-17(5)13(16-11)12-8-7-9-18(12)14(19)20-15(2,3)4/h1,10,12H,7-9H2,2-5H3. The van der Waals surface area contributed by atoms with Crippen LogP contribution in [0.5, 0.6) is 0 Å². The van der Waals surface area contributed by atoms with Crippen LogP contribution in [-0.4, -0.2) is 32.7 Å². The Bertz CT molecular complexity index is 548. The van der Waals surface area contributed by atoms with Gasteiger partial charge in [0.25, 0.3) is 0 Å². The number of terminal acetylenes is 1. The predicted octanol–water partition coefficient (Wildman–Crippen LogP) is 2.47. The normalized spacial score (nSPS) is 18.9. The first-order valence-electron chi connectivity index (χ1n) is 6.81. The van der Waals surface area contributed by atoms with Crippen molar-refractivity contribution in [3.05, 3.63) is 17.7 Å². The lowest BCUT2D eigenvalue weighted by Crippen LogP contribution is -2.37. The number of hydrogen-bond donors (Lipinski definition) is 0. The van der Waals surface area contributed by atoms with Crippen molar-refractivity contribution in [1.82, 2.24) is 14.5 Å². The first-order valence-corrected chi connectivity index (χ1v) is 6.81. The molecule has 20 heavy (non-hydrogen) atoms. The lowest BCUT2D eigenvalue weighted by Gasteiger charge is -2.28. The second-order valence-electron chi connectivity index (χ2n) is 6.07. The second-order valence-corrected chi connectivity index (χ2v) is 6.07. The van der Waals surface area contributed by atoms with Crippen LogP contribution in [0.2, 0.25) is 0 Å². The van der Waals surface area contributed by atoms with E-state index in [-0.39, 0.29) is 12.1 Å². The Kier molecular flexibility index (Phi) is 3.76. The van der Waals surface area contributed by atoms with Gasteiger partial charge in [0.1, 0.15) is 17.1 Å². The summed E-state index contributed by atoms with van der Waals surface area (Å²) in [5, 5.41) is 0. The minimum absolute atomic E-state index is 0.0584. The van der Waals surface area contributed by atoms with E-state index < -0.39 is 5.60 Å². The first-order chi connectivity index (χ1) is 9.31. The summed E-state index contributed by atoms with van der Waals surface area (Å²) >= 11 is 0. The molecule has 0 aliphatic carbocycles. The Morgan fingerprint density at radius 2 is 2.25 bits per heavy atom. The van der Waals surface area contributed by atoms with Crippen LogP contribution in [-0.2, 0) is 11.8 Å². The van der Waals surface area contributed by atoms with E-state index in [1.165, 1.54) is 0 Å². The number of carbonyl (C=O) groups is 1. The van der Waals surface area contributed by atoms with Crippen LogP contribution < -0.4 is 0 Å². The molecule has 1 amide bonds. The molecule has 2 heterocycles.